The number of carbonyl (C=O) groups is 12. The molecule has 2 saturated carbocycles. The lowest BCUT2D eigenvalue weighted by Gasteiger charge is -2.67. The van der Waals surface area contributed by atoms with Gasteiger partial charge in [-0.2, -0.15) is 0 Å². The Morgan fingerprint density at radius 1 is 0.707 bits per heavy atom. The van der Waals surface area contributed by atoms with Gasteiger partial charge in [0.15, 0.2) is 17.2 Å². The molecule has 12 atom stereocenters. The number of rotatable bonds is 35. The number of aliphatic hydroxyl groups excluding tert-OH is 2. The molecule has 1 heterocycles. The number of amides is 6. The van der Waals surface area contributed by atoms with Crippen LogP contribution in [0.15, 0.2) is 71.8 Å². The van der Waals surface area contributed by atoms with Crippen LogP contribution in [0, 0.1) is 16.7 Å². The SMILES string of the molecule is COCCOCCOCCC(=O)NCCCCC(NC(=O)CNC(=O)CNC(=O)CNC(=O)CCCC(=O)O[C@@H](C(=O)O[C@H]1C[C@@]2(O)[C@@H](OC(=O)c3ccccc3)[C@@H]3[C@]4(OC(C)=O)CO[C@@H]4C[C@H](O)[C@@]3(C)C(=O)C(O)C(=C1C)C2(C)C)[C@@H](NC(=O)OC(C)(C)C)c1ccccc1)C(C)=O. The van der Waals surface area contributed by atoms with Crippen LogP contribution in [0.25, 0.3) is 0 Å². The van der Waals surface area contributed by atoms with Gasteiger partial charge in [0.05, 0.1) is 88.3 Å². The molecular weight excluding hydrogens is 1300 g/mol. The van der Waals surface area contributed by atoms with E-state index in [2.05, 4.69) is 31.9 Å². The summed E-state index contributed by atoms with van der Waals surface area (Å²) >= 11 is 0. The summed E-state index contributed by atoms with van der Waals surface area (Å²) in [5.41, 5.74) is -9.36. The highest BCUT2D eigenvalue weighted by Gasteiger charge is 2.78. The van der Waals surface area contributed by atoms with Crippen molar-refractivity contribution in [2.24, 2.45) is 16.7 Å². The number of fused-ring (bicyclic) bond motifs is 5. The van der Waals surface area contributed by atoms with E-state index < -0.39 is 174 Å². The number of unbranched alkanes of at least 4 members (excludes halogenated alkanes) is 1. The maximum atomic E-state index is 15.4. The third kappa shape index (κ3) is 20.7. The number of benzene rings is 2. The van der Waals surface area contributed by atoms with Gasteiger partial charge in [0.2, 0.25) is 35.6 Å². The lowest BCUT2D eigenvalue weighted by Crippen LogP contribution is -2.81. The van der Waals surface area contributed by atoms with E-state index in [1.165, 1.54) is 58.9 Å². The monoisotopic (exact) mass is 1390 g/mol. The number of esters is 4. The van der Waals surface area contributed by atoms with Crippen LogP contribution in [0.1, 0.15) is 142 Å². The van der Waals surface area contributed by atoms with Crippen molar-refractivity contribution in [2.45, 2.75) is 186 Å². The highest BCUT2D eigenvalue weighted by molar-refractivity contribution is 5.95. The highest BCUT2D eigenvalue weighted by atomic mass is 16.6. The number of hydrogen-bond donors (Lipinski definition) is 9. The van der Waals surface area contributed by atoms with Crippen LogP contribution >= 0.6 is 0 Å². The maximum absolute atomic E-state index is 15.4. The maximum Gasteiger partial charge on any atom is 0.408 e. The van der Waals surface area contributed by atoms with E-state index in [4.69, 9.17) is 42.6 Å². The predicted octanol–water partition coefficient (Wildman–Crippen LogP) is 1.76. The van der Waals surface area contributed by atoms with Crippen LogP contribution in [-0.4, -0.2) is 219 Å². The molecule has 4 aliphatic rings. The molecule has 546 valence electrons. The fourth-order valence-electron chi connectivity index (χ4n) is 13.0. The fourth-order valence-corrected chi connectivity index (χ4v) is 13.0. The Labute approximate surface area is 574 Å². The molecule has 2 aromatic rings. The van der Waals surface area contributed by atoms with Crippen LogP contribution < -0.4 is 31.9 Å². The summed E-state index contributed by atoms with van der Waals surface area (Å²) in [6.07, 6.45) is -12.4. The van der Waals surface area contributed by atoms with Crippen LogP contribution in [0.5, 0.6) is 0 Å². The summed E-state index contributed by atoms with van der Waals surface area (Å²) in [5, 5.41) is 53.4. The average Bonchev–Trinajstić information content (AvgIpc) is 0.671. The Hall–Kier alpha value is -8.26. The van der Waals surface area contributed by atoms with Gasteiger partial charge in [-0.3, -0.25) is 43.2 Å². The van der Waals surface area contributed by atoms with E-state index >= 15 is 9.59 Å². The zero-order valence-corrected chi connectivity index (χ0v) is 57.8. The van der Waals surface area contributed by atoms with Gasteiger partial charge in [-0.05, 0) is 96.1 Å². The molecule has 0 radical (unpaired) electrons. The van der Waals surface area contributed by atoms with Crippen LogP contribution in [0.3, 0.4) is 0 Å². The Morgan fingerprint density at radius 3 is 1.90 bits per heavy atom. The third-order valence-electron chi connectivity index (χ3n) is 18.3. The van der Waals surface area contributed by atoms with Crippen molar-refractivity contribution in [1.29, 1.82) is 0 Å². The molecule has 0 aromatic heterocycles. The number of ketones is 2. The van der Waals surface area contributed by atoms with E-state index in [1.54, 1.807) is 64.3 Å². The van der Waals surface area contributed by atoms with E-state index in [-0.39, 0.29) is 79.3 Å². The summed E-state index contributed by atoms with van der Waals surface area (Å²) in [5.74, 6) is -10.4. The first-order valence-corrected chi connectivity index (χ1v) is 33.1. The van der Waals surface area contributed by atoms with Crippen molar-refractivity contribution in [3.8, 4) is 0 Å². The van der Waals surface area contributed by atoms with E-state index in [9.17, 15) is 63.3 Å². The number of hydrogen-bond acceptors (Lipinski definition) is 24. The van der Waals surface area contributed by atoms with Gasteiger partial charge in [-0.15, -0.1) is 0 Å². The van der Waals surface area contributed by atoms with Crippen molar-refractivity contribution in [3.05, 3.63) is 82.9 Å². The minimum atomic E-state index is -2.53. The molecule has 3 fully saturated rings. The van der Waals surface area contributed by atoms with Crippen molar-refractivity contribution in [3.63, 3.8) is 0 Å². The summed E-state index contributed by atoms with van der Waals surface area (Å²) in [7, 11) is 1.57. The Kier molecular flexibility index (Phi) is 28.7. The second kappa shape index (κ2) is 35.7. The lowest BCUT2D eigenvalue weighted by molar-refractivity contribution is -0.346. The zero-order valence-electron chi connectivity index (χ0n) is 57.8. The summed E-state index contributed by atoms with van der Waals surface area (Å²) in [6, 6.07) is 13.0. The molecule has 6 amide bonds. The molecule has 1 saturated heterocycles. The molecule has 99 heavy (non-hydrogen) atoms. The normalized spacial score (nSPS) is 24.5. The summed E-state index contributed by atoms with van der Waals surface area (Å²) in [4.78, 5) is 161. The molecule has 0 spiro atoms. The number of alkyl carbamates (subject to hydrolysis) is 1. The zero-order chi connectivity index (χ0) is 73.0. The topological polar surface area (TPSA) is 421 Å². The number of aliphatic hydroxyl groups is 3. The van der Waals surface area contributed by atoms with E-state index in [0.717, 1.165) is 6.92 Å². The average molecular weight is 1390 g/mol. The van der Waals surface area contributed by atoms with Crippen molar-refractivity contribution in [1.82, 2.24) is 31.9 Å². The molecular formula is C69H96N6O24. The van der Waals surface area contributed by atoms with E-state index in [1.807, 2.05) is 0 Å². The summed E-state index contributed by atoms with van der Waals surface area (Å²) in [6.45, 7) is 13.0. The molecule has 2 unspecified atom stereocenters. The first kappa shape index (κ1) is 79.7. The Balaban J connectivity index is 1.10. The molecule has 30 nitrogen and oxygen atoms in total. The van der Waals surface area contributed by atoms with E-state index in [0.29, 0.717) is 45.8 Å². The van der Waals surface area contributed by atoms with Crippen LogP contribution in [0.2, 0.25) is 0 Å². The molecule has 2 bridgehead atoms. The number of carbonyl (C=O) groups excluding carboxylic acids is 12. The minimum absolute atomic E-state index is 0.00148. The fraction of sp³-hybridized carbons (Fsp3) is 0.623. The molecule has 9 N–H and O–H groups in total. The Morgan fingerprint density at radius 2 is 1.30 bits per heavy atom. The standard InChI is InChI=1S/C69H96N6O24/c1-40-46(35-69(90)61(97-62(87)44-22-15-12-16-23-44)59-67(9,60(86)57(85)55(40)66(69,7)8)47(78)34-48-68(59,39-94-48)98-42(3)77)95-63(88)58(56(43-20-13-11-14-21-43)75-64(89)99-65(4,5)6)96-54(84)26-19-25-49(79)71-36-51(81)72-37-52(82)73-38-53(83)74-45(41(2)76)24-17-18-28-70-50(80)27-29-92-32-33-93-31-30-91-10/h11-16,20-23,45-48,56-59,61,78,85,90H,17-19,24-39H2,1-10H3,(H,70,80)(H,71,79)(H,72,81)(H,73,82)(H,74,83)(H,75,89)/t45?,46-,47-,48+,56-,57?,58+,59-,61-,67+,68-,69+/m0/s1. The Bertz CT molecular complexity index is 3250. The van der Waals surface area contributed by atoms with Gasteiger partial charge in [-0.1, -0.05) is 62.4 Å². The number of nitrogens with one attached hydrogen (secondary N) is 6. The molecule has 1 aliphatic heterocycles. The predicted molar refractivity (Wildman–Crippen MR) is 348 cm³/mol. The largest absolute Gasteiger partial charge is 0.455 e. The van der Waals surface area contributed by atoms with Gasteiger partial charge < -0.3 is 89.9 Å². The first-order chi connectivity index (χ1) is 46.7. The van der Waals surface area contributed by atoms with Crippen molar-refractivity contribution < 1.29 is 115 Å². The number of Topliss-reactive ketones (excluding diaryl/α,β-unsaturated/α-hetero) is 2. The number of methoxy groups -OCH3 is 1. The second-order valence-corrected chi connectivity index (χ2v) is 26.8. The number of ether oxygens (including phenoxy) is 9. The quantitative estimate of drug-likeness (QED) is 0.0205. The van der Waals surface area contributed by atoms with Crippen molar-refractivity contribution >= 4 is 71.1 Å². The van der Waals surface area contributed by atoms with Crippen LogP contribution in [-0.2, 0) is 90.6 Å². The van der Waals surface area contributed by atoms with Gasteiger partial charge in [0.25, 0.3) is 0 Å². The summed E-state index contributed by atoms with van der Waals surface area (Å²) < 4.78 is 51.7. The molecule has 2 aromatic carbocycles. The smallest absolute Gasteiger partial charge is 0.408 e. The lowest BCUT2D eigenvalue weighted by atomic mass is 9.44. The minimum Gasteiger partial charge on any atom is -0.455 e. The van der Waals surface area contributed by atoms with Gasteiger partial charge >= 0.3 is 30.0 Å². The van der Waals surface area contributed by atoms with Gasteiger partial charge in [-0.25, -0.2) is 14.4 Å². The van der Waals surface area contributed by atoms with Gasteiger partial charge in [0.1, 0.15) is 41.7 Å². The second-order valence-electron chi connectivity index (χ2n) is 26.8. The third-order valence-corrected chi connectivity index (χ3v) is 18.3. The molecule has 6 rings (SSSR count). The molecule has 30 heteroatoms. The van der Waals surface area contributed by atoms with Gasteiger partial charge in [0, 0.05) is 58.1 Å². The van der Waals surface area contributed by atoms with Crippen LogP contribution in [0.4, 0.5) is 4.79 Å². The highest BCUT2D eigenvalue weighted by Crippen LogP contribution is 2.64. The molecule has 3 aliphatic carbocycles. The first-order valence-electron chi connectivity index (χ1n) is 33.1. The van der Waals surface area contributed by atoms with Crippen molar-refractivity contribution in [2.75, 3.05) is 72.9 Å².